The van der Waals surface area contributed by atoms with Crippen LogP contribution in [0.5, 0.6) is 11.5 Å². The van der Waals surface area contributed by atoms with E-state index in [4.69, 9.17) is 14.6 Å². The van der Waals surface area contributed by atoms with Gasteiger partial charge in [0.2, 0.25) is 0 Å². The summed E-state index contributed by atoms with van der Waals surface area (Å²) in [4.78, 5) is 22.4. The molecule has 1 rings (SSSR count). The molecule has 1 aromatic carbocycles. The van der Waals surface area contributed by atoms with Crippen molar-refractivity contribution in [3.05, 3.63) is 23.3 Å². The second-order valence-corrected chi connectivity index (χ2v) is 5.31. The fourth-order valence-corrected chi connectivity index (χ4v) is 2.28. The quantitative estimate of drug-likeness (QED) is 0.709. The number of carbonyl (C=O) groups excluding carboxylic acids is 1. The van der Waals surface area contributed by atoms with Gasteiger partial charge in [0, 0.05) is 23.4 Å². The summed E-state index contributed by atoms with van der Waals surface area (Å²) in [6.07, 6.45) is 0. The molecule has 116 valence electrons. The zero-order chi connectivity index (χ0) is 15.8. The van der Waals surface area contributed by atoms with E-state index in [0.29, 0.717) is 29.4 Å². The molecule has 0 atom stereocenters. The van der Waals surface area contributed by atoms with Gasteiger partial charge in [0.15, 0.2) is 0 Å². The maximum atomic E-state index is 12.0. The smallest absolute Gasteiger partial charge is 0.313 e. The molecule has 7 heteroatoms. The van der Waals surface area contributed by atoms with Gasteiger partial charge < -0.3 is 19.9 Å². The highest BCUT2D eigenvalue weighted by atomic mass is 32.2. The van der Waals surface area contributed by atoms with Gasteiger partial charge >= 0.3 is 5.97 Å². The van der Waals surface area contributed by atoms with Gasteiger partial charge in [0.1, 0.15) is 11.5 Å². The molecule has 0 saturated heterocycles. The Labute approximate surface area is 127 Å². The molecule has 0 aromatic heterocycles. The first kappa shape index (κ1) is 17.2. The lowest BCUT2D eigenvalue weighted by molar-refractivity contribution is -0.133. The summed E-state index contributed by atoms with van der Waals surface area (Å²) in [6.45, 7) is 2.25. The molecule has 0 spiro atoms. The fraction of sp³-hybridized carbons (Fsp3) is 0.429. The fourth-order valence-electron chi connectivity index (χ4n) is 1.72. The molecule has 0 radical (unpaired) electrons. The number of ether oxygens (including phenoxy) is 2. The summed E-state index contributed by atoms with van der Waals surface area (Å²) in [5.74, 6) is 0.626. The van der Waals surface area contributed by atoms with Gasteiger partial charge in [-0.2, -0.15) is 0 Å². The first-order valence-electron chi connectivity index (χ1n) is 6.30. The number of methoxy groups -OCH3 is 2. The van der Waals surface area contributed by atoms with Gasteiger partial charge in [-0.05, 0) is 19.1 Å². The minimum Gasteiger partial charge on any atom is -0.496 e. The lowest BCUT2D eigenvalue weighted by Gasteiger charge is -2.12. The molecule has 2 N–H and O–H groups in total. The van der Waals surface area contributed by atoms with E-state index in [2.05, 4.69) is 5.32 Å². The molecule has 6 nitrogen and oxygen atoms in total. The van der Waals surface area contributed by atoms with Crippen LogP contribution in [0, 0.1) is 6.92 Å². The lowest BCUT2D eigenvalue weighted by atomic mass is 10.1. The van der Waals surface area contributed by atoms with Crippen molar-refractivity contribution in [2.75, 3.05) is 32.3 Å². The van der Waals surface area contributed by atoms with Crippen LogP contribution in [0.3, 0.4) is 0 Å². The predicted octanol–water partition coefficient (Wildman–Crippen LogP) is 1.56. The van der Waals surface area contributed by atoms with Crippen molar-refractivity contribution < 1.29 is 24.2 Å². The molecule has 0 aliphatic carbocycles. The molecular weight excluding hydrogens is 294 g/mol. The monoisotopic (exact) mass is 313 g/mol. The Morgan fingerprint density at radius 3 is 2.29 bits per heavy atom. The van der Waals surface area contributed by atoms with E-state index in [0.717, 1.165) is 5.56 Å². The zero-order valence-corrected chi connectivity index (χ0v) is 13.1. The number of carboxylic acids is 1. The number of nitrogens with one attached hydrogen (secondary N) is 1. The summed E-state index contributed by atoms with van der Waals surface area (Å²) in [6, 6.07) is 3.30. The zero-order valence-electron chi connectivity index (χ0n) is 12.3. The summed E-state index contributed by atoms with van der Waals surface area (Å²) in [5, 5.41) is 11.2. The molecular formula is C14H19NO5S. The Morgan fingerprint density at radius 2 is 1.81 bits per heavy atom. The van der Waals surface area contributed by atoms with Gasteiger partial charge in [-0.3, -0.25) is 9.59 Å². The third-order valence-corrected chi connectivity index (χ3v) is 3.72. The number of benzene rings is 1. The third kappa shape index (κ3) is 5.18. The molecule has 0 fully saturated rings. The maximum absolute atomic E-state index is 12.0. The summed E-state index contributed by atoms with van der Waals surface area (Å²) in [5.41, 5.74) is 1.27. The second-order valence-electron chi connectivity index (χ2n) is 4.21. The number of amides is 1. The third-order valence-electron chi connectivity index (χ3n) is 2.77. The van der Waals surface area contributed by atoms with Gasteiger partial charge in [0.25, 0.3) is 5.91 Å². The van der Waals surface area contributed by atoms with E-state index in [-0.39, 0.29) is 11.7 Å². The number of thioether (sulfide) groups is 1. The lowest BCUT2D eigenvalue weighted by Crippen LogP contribution is -2.26. The van der Waals surface area contributed by atoms with Gasteiger partial charge in [0.05, 0.1) is 20.0 Å². The summed E-state index contributed by atoms with van der Waals surface area (Å²) >= 11 is 1.25. The standard InChI is InChI=1S/C14H19NO5S/c1-9-11(19-2)6-10(7-12(9)20-3)14(18)15-4-5-21-8-13(16)17/h6-7H,4-5,8H2,1-3H3,(H,15,18)(H,16,17). The first-order chi connectivity index (χ1) is 9.99. The van der Waals surface area contributed by atoms with Crippen molar-refractivity contribution in [1.29, 1.82) is 0 Å². The van der Waals surface area contributed by atoms with Crippen LogP contribution in [0.4, 0.5) is 0 Å². The van der Waals surface area contributed by atoms with Crippen LogP contribution in [0.25, 0.3) is 0 Å². The minimum absolute atomic E-state index is 0.0298. The topological polar surface area (TPSA) is 84.9 Å². The van der Waals surface area contributed by atoms with Crippen molar-refractivity contribution in [2.24, 2.45) is 0 Å². The van der Waals surface area contributed by atoms with E-state index in [1.54, 1.807) is 12.1 Å². The Bertz CT molecular complexity index is 493. The number of rotatable bonds is 8. The molecule has 0 unspecified atom stereocenters. The highest BCUT2D eigenvalue weighted by molar-refractivity contribution is 7.99. The molecule has 0 bridgehead atoms. The number of carboxylic acid groups (broad SMARTS) is 1. The van der Waals surface area contributed by atoms with Crippen molar-refractivity contribution in [1.82, 2.24) is 5.32 Å². The maximum Gasteiger partial charge on any atom is 0.313 e. The molecule has 0 aliphatic rings. The largest absolute Gasteiger partial charge is 0.496 e. The van der Waals surface area contributed by atoms with Crippen molar-refractivity contribution in [3.63, 3.8) is 0 Å². The molecule has 21 heavy (non-hydrogen) atoms. The number of aliphatic carboxylic acids is 1. The van der Waals surface area contributed by atoms with Crippen LogP contribution < -0.4 is 14.8 Å². The van der Waals surface area contributed by atoms with E-state index in [9.17, 15) is 9.59 Å². The van der Waals surface area contributed by atoms with Gasteiger partial charge in [-0.15, -0.1) is 11.8 Å². The van der Waals surface area contributed by atoms with E-state index < -0.39 is 5.97 Å². The number of hydrogen-bond donors (Lipinski definition) is 2. The number of hydrogen-bond acceptors (Lipinski definition) is 5. The highest BCUT2D eigenvalue weighted by Crippen LogP contribution is 2.29. The van der Waals surface area contributed by atoms with Crippen LogP contribution in [0.2, 0.25) is 0 Å². The Hall–Kier alpha value is -1.89. The average Bonchev–Trinajstić information content (AvgIpc) is 2.46. The molecule has 1 aromatic rings. The first-order valence-corrected chi connectivity index (χ1v) is 7.45. The van der Waals surface area contributed by atoms with Crippen molar-refractivity contribution in [2.45, 2.75) is 6.92 Å². The summed E-state index contributed by atoms with van der Waals surface area (Å²) in [7, 11) is 3.07. The summed E-state index contributed by atoms with van der Waals surface area (Å²) < 4.78 is 10.4. The van der Waals surface area contributed by atoms with Crippen molar-refractivity contribution in [3.8, 4) is 11.5 Å². The molecule has 0 saturated carbocycles. The minimum atomic E-state index is -0.862. The van der Waals surface area contributed by atoms with Crippen LogP contribution in [0.15, 0.2) is 12.1 Å². The van der Waals surface area contributed by atoms with Crippen LogP contribution in [-0.2, 0) is 4.79 Å². The van der Waals surface area contributed by atoms with Crippen molar-refractivity contribution >= 4 is 23.6 Å². The van der Waals surface area contributed by atoms with E-state index >= 15 is 0 Å². The number of carbonyl (C=O) groups is 2. The Morgan fingerprint density at radius 1 is 1.24 bits per heavy atom. The van der Waals surface area contributed by atoms with Gasteiger partial charge in [-0.1, -0.05) is 0 Å². The predicted molar refractivity (Wildman–Crippen MR) is 81.6 cm³/mol. The van der Waals surface area contributed by atoms with Crippen LogP contribution >= 0.6 is 11.8 Å². The Balaban J connectivity index is 2.63. The second kappa shape index (κ2) is 8.41. The SMILES string of the molecule is COc1cc(C(=O)NCCSCC(=O)O)cc(OC)c1C. The van der Waals surface area contributed by atoms with E-state index in [1.807, 2.05) is 6.92 Å². The molecule has 1 amide bonds. The molecule has 0 heterocycles. The highest BCUT2D eigenvalue weighted by Gasteiger charge is 2.13. The normalized spacial score (nSPS) is 10.0. The van der Waals surface area contributed by atoms with Crippen LogP contribution in [0.1, 0.15) is 15.9 Å². The molecule has 0 aliphatic heterocycles. The average molecular weight is 313 g/mol. The Kier molecular flexibility index (Phi) is 6.87. The van der Waals surface area contributed by atoms with Crippen LogP contribution in [-0.4, -0.2) is 49.3 Å². The van der Waals surface area contributed by atoms with E-state index in [1.165, 1.54) is 26.0 Å². The van der Waals surface area contributed by atoms with Gasteiger partial charge in [-0.25, -0.2) is 0 Å².